The van der Waals surface area contributed by atoms with E-state index in [0.29, 0.717) is 32.3 Å². The fraction of sp³-hybridized carbons (Fsp3) is 0.905. The molecule has 11 nitrogen and oxygen atoms in total. The van der Waals surface area contributed by atoms with E-state index < -0.39 is 5.41 Å². The maximum atomic E-state index is 13.3. The van der Waals surface area contributed by atoms with Crippen molar-refractivity contribution in [1.82, 2.24) is 0 Å². The quantitative estimate of drug-likeness (QED) is 0.0571. The lowest BCUT2D eigenvalue weighted by Gasteiger charge is -2.59. The minimum atomic E-state index is -0.397. The number of nitrogens with two attached hydrogens (primary N) is 3. The number of carbonyl (C=O) groups is 4. The summed E-state index contributed by atoms with van der Waals surface area (Å²) in [5.41, 5.74) is 16.6. The molecule has 306 valence electrons. The second-order valence-corrected chi connectivity index (χ2v) is 17.0. The molecule has 53 heavy (non-hydrogen) atoms. The van der Waals surface area contributed by atoms with Crippen LogP contribution in [0.1, 0.15) is 157 Å². The van der Waals surface area contributed by atoms with Gasteiger partial charge in [-0.2, -0.15) is 0 Å². The van der Waals surface area contributed by atoms with Crippen LogP contribution in [0.5, 0.6) is 0 Å². The molecule has 3 saturated carbocycles. The summed E-state index contributed by atoms with van der Waals surface area (Å²) in [5, 5.41) is 0. The van der Waals surface area contributed by atoms with E-state index >= 15 is 0 Å². The average Bonchev–Trinajstić information content (AvgIpc) is 3.48. The van der Waals surface area contributed by atoms with Gasteiger partial charge in [-0.25, -0.2) is 0 Å². The molecule has 3 aliphatic carbocycles. The minimum absolute atomic E-state index is 0.0389. The Labute approximate surface area is 320 Å². The van der Waals surface area contributed by atoms with Crippen LogP contribution in [0.3, 0.4) is 0 Å². The SMILES string of the molecule is CCCCCCCCOC(=O)CC[C@@H](C)[C@H]1CC[C@H]2C([C@@H](CC)OC(=O)CCN)[C@@H](C3(C)CCC(OC(=O)CCN)CC3)C[C@H](OC(=O)CCN)[C@]12C. The van der Waals surface area contributed by atoms with Crippen molar-refractivity contribution < 1.29 is 38.1 Å². The van der Waals surface area contributed by atoms with Crippen molar-refractivity contribution in [3.63, 3.8) is 0 Å². The highest BCUT2D eigenvalue weighted by Crippen LogP contribution is 2.66. The summed E-state index contributed by atoms with van der Waals surface area (Å²) in [6.45, 7) is 12.3. The van der Waals surface area contributed by atoms with Crippen LogP contribution in [0.4, 0.5) is 0 Å². The molecule has 3 aliphatic rings. The van der Waals surface area contributed by atoms with Crippen molar-refractivity contribution in [3.05, 3.63) is 0 Å². The third kappa shape index (κ3) is 12.4. The summed E-state index contributed by atoms with van der Waals surface area (Å²) in [7, 11) is 0. The van der Waals surface area contributed by atoms with E-state index in [-0.39, 0.29) is 116 Å². The van der Waals surface area contributed by atoms with Gasteiger partial charge >= 0.3 is 23.9 Å². The summed E-state index contributed by atoms with van der Waals surface area (Å²) < 4.78 is 24.2. The molecule has 0 aliphatic heterocycles. The molecule has 0 bridgehead atoms. The van der Waals surface area contributed by atoms with E-state index in [1.807, 2.05) is 0 Å². The summed E-state index contributed by atoms with van der Waals surface area (Å²) in [6, 6.07) is 0. The number of unbranched alkanes of at least 4 members (excludes halogenated alkanes) is 5. The molecule has 0 spiro atoms. The first kappa shape index (κ1) is 45.2. The molecule has 0 aromatic rings. The van der Waals surface area contributed by atoms with E-state index in [1.165, 1.54) is 25.7 Å². The van der Waals surface area contributed by atoms with Crippen LogP contribution in [-0.4, -0.2) is 68.4 Å². The second-order valence-electron chi connectivity index (χ2n) is 17.0. The second kappa shape index (κ2) is 22.3. The van der Waals surface area contributed by atoms with Gasteiger partial charge in [-0.3, -0.25) is 19.2 Å². The van der Waals surface area contributed by atoms with Crippen LogP contribution in [0, 0.1) is 40.4 Å². The third-order valence-electron chi connectivity index (χ3n) is 13.4. The van der Waals surface area contributed by atoms with Crippen molar-refractivity contribution >= 4 is 23.9 Å². The smallest absolute Gasteiger partial charge is 0.307 e. The Morgan fingerprint density at radius 2 is 1.32 bits per heavy atom. The molecule has 3 fully saturated rings. The Hall–Kier alpha value is -2.24. The van der Waals surface area contributed by atoms with Crippen molar-refractivity contribution in [1.29, 1.82) is 0 Å². The zero-order valence-electron chi connectivity index (χ0n) is 33.9. The van der Waals surface area contributed by atoms with Gasteiger partial charge in [0.25, 0.3) is 0 Å². The van der Waals surface area contributed by atoms with E-state index in [2.05, 4.69) is 34.6 Å². The summed E-state index contributed by atoms with van der Waals surface area (Å²) in [4.78, 5) is 51.5. The molecule has 0 saturated heterocycles. The maximum absolute atomic E-state index is 13.3. The summed E-state index contributed by atoms with van der Waals surface area (Å²) in [6.07, 6.45) is 14.0. The van der Waals surface area contributed by atoms with Gasteiger partial charge in [0.05, 0.1) is 25.9 Å². The molecule has 8 atom stereocenters. The van der Waals surface area contributed by atoms with E-state index in [4.69, 9.17) is 36.1 Å². The largest absolute Gasteiger partial charge is 0.466 e. The van der Waals surface area contributed by atoms with E-state index in [1.54, 1.807) is 0 Å². The van der Waals surface area contributed by atoms with Gasteiger partial charge < -0.3 is 36.1 Å². The Morgan fingerprint density at radius 3 is 1.94 bits per heavy atom. The number of ether oxygens (including phenoxy) is 4. The zero-order valence-corrected chi connectivity index (χ0v) is 33.9. The molecular weight excluding hydrogens is 674 g/mol. The number of esters is 4. The first-order valence-electron chi connectivity index (χ1n) is 21.2. The Bertz CT molecular complexity index is 1140. The normalized spacial score (nSPS) is 30.9. The molecule has 3 rings (SSSR count). The van der Waals surface area contributed by atoms with Crippen molar-refractivity contribution in [2.45, 2.75) is 175 Å². The first-order valence-corrected chi connectivity index (χ1v) is 21.2. The minimum Gasteiger partial charge on any atom is -0.466 e. The van der Waals surface area contributed by atoms with Crippen LogP contribution in [0.15, 0.2) is 0 Å². The van der Waals surface area contributed by atoms with Crippen LogP contribution in [-0.2, 0) is 38.1 Å². The van der Waals surface area contributed by atoms with Gasteiger partial charge in [0, 0.05) is 37.4 Å². The van der Waals surface area contributed by atoms with Gasteiger partial charge in [0.2, 0.25) is 0 Å². The average molecular weight is 750 g/mol. The summed E-state index contributed by atoms with van der Waals surface area (Å²) >= 11 is 0. The fourth-order valence-electron chi connectivity index (χ4n) is 10.5. The number of rotatable bonds is 23. The lowest BCUT2D eigenvalue weighted by atomic mass is 9.48. The van der Waals surface area contributed by atoms with E-state index in [0.717, 1.165) is 51.4 Å². The molecule has 0 heterocycles. The lowest BCUT2D eigenvalue weighted by Crippen LogP contribution is -2.59. The number of carbonyl (C=O) groups excluding carboxylic acids is 4. The molecule has 11 heteroatoms. The maximum Gasteiger partial charge on any atom is 0.307 e. The highest BCUT2D eigenvalue weighted by atomic mass is 16.6. The third-order valence-corrected chi connectivity index (χ3v) is 13.4. The number of hydrogen-bond acceptors (Lipinski definition) is 11. The fourth-order valence-corrected chi connectivity index (χ4v) is 10.5. The first-order chi connectivity index (χ1) is 25.4. The van der Waals surface area contributed by atoms with Gasteiger partial charge in [-0.15, -0.1) is 0 Å². The predicted octanol–water partition coefficient (Wildman–Crippen LogP) is 6.75. The van der Waals surface area contributed by atoms with Crippen molar-refractivity contribution in [2.24, 2.45) is 57.6 Å². The molecular formula is C42H75N3O8. The molecule has 0 aromatic carbocycles. The monoisotopic (exact) mass is 750 g/mol. The summed E-state index contributed by atoms with van der Waals surface area (Å²) in [5.74, 6) is -0.323. The number of hydrogen-bond donors (Lipinski definition) is 3. The predicted molar refractivity (Wildman–Crippen MR) is 206 cm³/mol. The van der Waals surface area contributed by atoms with E-state index in [9.17, 15) is 19.2 Å². The molecule has 6 N–H and O–H groups in total. The Balaban J connectivity index is 1.88. The van der Waals surface area contributed by atoms with Gasteiger partial charge in [0.15, 0.2) is 0 Å². The van der Waals surface area contributed by atoms with Crippen LogP contribution >= 0.6 is 0 Å². The van der Waals surface area contributed by atoms with Gasteiger partial charge in [0.1, 0.15) is 18.3 Å². The molecule has 0 radical (unpaired) electrons. The lowest BCUT2D eigenvalue weighted by molar-refractivity contribution is -0.200. The van der Waals surface area contributed by atoms with Crippen LogP contribution < -0.4 is 17.2 Å². The highest BCUT2D eigenvalue weighted by molar-refractivity contribution is 5.71. The topological polar surface area (TPSA) is 183 Å². The standard InChI is InChI=1S/C42H75N3O8/c1-6-8-9-10-11-12-27-50-36(46)16-13-29(3)31-14-15-32-40(34(7-2)52-38(48)20-25-44)33(28-35(42(31,32)5)53-39(49)21-26-45)41(4)22-17-30(18-23-41)51-37(47)19-24-43/h29-35,40H,6-28,43-45H2,1-5H3/t29-,30?,31-,32+,33+,34-,35+,40?,41?,42-/m1/s1. The van der Waals surface area contributed by atoms with Crippen molar-refractivity contribution in [3.8, 4) is 0 Å². The van der Waals surface area contributed by atoms with Gasteiger partial charge in [-0.05, 0) is 93.3 Å². The van der Waals surface area contributed by atoms with Gasteiger partial charge in [-0.1, -0.05) is 66.7 Å². The van der Waals surface area contributed by atoms with Crippen molar-refractivity contribution in [2.75, 3.05) is 26.2 Å². The highest BCUT2D eigenvalue weighted by Gasteiger charge is 2.64. The zero-order chi connectivity index (χ0) is 39.0. The number of fused-ring (bicyclic) bond motifs is 1. The molecule has 1 unspecified atom stereocenters. The molecule has 0 aromatic heterocycles. The van der Waals surface area contributed by atoms with Crippen LogP contribution in [0.25, 0.3) is 0 Å². The van der Waals surface area contributed by atoms with Crippen LogP contribution in [0.2, 0.25) is 0 Å². The Morgan fingerprint density at radius 1 is 0.717 bits per heavy atom. The Kier molecular flexibility index (Phi) is 19.0. The molecule has 0 amide bonds.